The molecule has 0 aliphatic carbocycles. The molecule has 0 saturated carbocycles. The summed E-state index contributed by atoms with van der Waals surface area (Å²) in [6.07, 6.45) is -2.65. The van der Waals surface area contributed by atoms with Crippen LogP contribution in [0.1, 0.15) is 26.0 Å². The first kappa shape index (κ1) is 19.0. The van der Waals surface area contributed by atoms with Crippen LogP contribution in [0.4, 0.5) is 5.95 Å². The van der Waals surface area contributed by atoms with Gasteiger partial charge in [-0.3, -0.25) is 9.36 Å². The Hall–Kier alpha value is -2.08. The molecule has 130 valence electrons. The third kappa shape index (κ3) is 4.96. The predicted octanol–water partition coefficient (Wildman–Crippen LogP) is -2.30. The normalized spacial score (nSPS) is 26.4. The molecular weight excluding hydrogens is 312 g/mol. The number of aromatic nitrogens is 3. The quantitative estimate of drug-likeness (QED) is 0.402. The van der Waals surface area contributed by atoms with Gasteiger partial charge in [0.1, 0.15) is 24.6 Å². The number of hydrogen-bond acceptors (Lipinski definition) is 9. The van der Waals surface area contributed by atoms with Crippen molar-refractivity contribution >= 4 is 11.9 Å². The highest BCUT2D eigenvalue weighted by Gasteiger charge is 2.43. The summed E-state index contributed by atoms with van der Waals surface area (Å²) in [5, 5.41) is 36.0. The van der Waals surface area contributed by atoms with Gasteiger partial charge >= 0.3 is 11.7 Å². The molecule has 0 bridgehead atoms. The Morgan fingerprint density at radius 1 is 1.43 bits per heavy atom. The van der Waals surface area contributed by atoms with Gasteiger partial charge in [0.2, 0.25) is 5.95 Å². The second-order valence-electron chi connectivity index (χ2n) is 4.78. The van der Waals surface area contributed by atoms with Crippen molar-refractivity contribution in [1.29, 1.82) is 0 Å². The lowest BCUT2D eigenvalue weighted by Crippen LogP contribution is -2.36. The van der Waals surface area contributed by atoms with Gasteiger partial charge in [0.15, 0.2) is 6.23 Å². The van der Waals surface area contributed by atoms with Gasteiger partial charge in [0.25, 0.3) is 0 Å². The van der Waals surface area contributed by atoms with Gasteiger partial charge in [-0.05, 0) is 6.42 Å². The first-order chi connectivity index (χ1) is 10.8. The SMILES string of the molecule is CCCC(=O)O.Nc1ncn([C@@H]2O[C@H](CO)[C@@H](O)[C@H]2O)c(=O)n1. The number of carboxylic acids is 1. The van der Waals surface area contributed by atoms with E-state index in [1.807, 2.05) is 6.92 Å². The average Bonchev–Trinajstić information content (AvgIpc) is 2.76. The molecule has 0 spiro atoms. The topological polar surface area (TPSA) is 181 Å². The van der Waals surface area contributed by atoms with Crippen LogP contribution in [-0.4, -0.2) is 65.8 Å². The molecule has 1 aliphatic rings. The summed E-state index contributed by atoms with van der Waals surface area (Å²) in [5.74, 6) is -0.907. The molecule has 2 rings (SSSR count). The van der Waals surface area contributed by atoms with Crippen molar-refractivity contribution in [2.45, 2.75) is 44.3 Å². The van der Waals surface area contributed by atoms with Gasteiger partial charge in [0, 0.05) is 6.42 Å². The Balaban J connectivity index is 0.000000379. The Kier molecular flexibility index (Phi) is 7.03. The van der Waals surface area contributed by atoms with Gasteiger partial charge in [-0.2, -0.15) is 4.98 Å². The molecule has 11 nitrogen and oxygen atoms in total. The van der Waals surface area contributed by atoms with E-state index in [-0.39, 0.29) is 5.95 Å². The molecule has 0 unspecified atom stereocenters. The molecule has 2 heterocycles. The Labute approximate surface area is 131 Å². The maximum absolute atomic E-state index is 11.5. The molecule has 6 N–H and O–H groups in total. The van der Waals surface area contributed by atoms with Crippen LogP contribution in [0.25, 0.3) is 0 Å². The highest BCUT2D eigenvalue weighted by Crippen LogP contribution is 2.27. The van der Waals surface area contributed by atoms with E-state index < -0.39 is 42.8 Å². The number of rotatable bonds is 4. The molecule has 1 aliphatic heterocycles. The molecule has 4 atom stereocenters. The maximum Gasteiger partial charge on any atom is 0.354 e. The van der Waals surface area contributed by atoms with Gasteiger partial charge in [-0.1, -0.05) is 6.92 Å². The summed E-state index contributed by atoms with van der Waals surface area (Å²) in [5.41, 5.74) is 4.46. The Morgan fingerprint density at radius 3 is 2.48 bits per heavy atom. The molecule has 11 heteroatoms. The van der Waals surface area contributed by atoms with Crippen molar-refractivity contribution in [3.8, 4) is 0 Å². The van der Waals surface area contributed by atoms with Gasteiger partial charge in [-0.15, -0.1) is 0 Å². The summed E-state index contributed by atoms with van der Waals surface area (Å²) in [7, 11) is 0. The van der Waals surface area contributed by atoms with Gasteiger partial charge in [-0.25, -0.2) is 9.78 Å². The van der Waals surface area contributed by atoms with E-state index in [0.29, 0.717) is 6.42 Å². The zero-order valence-corrected chi connectivity index (χ0v) is 12.4. The summed E-state index contributed by atoms with van der Waals surface area (Å²) in [6, 6.07) is 0. The number of nitrogen functional groups attached to an aromatic ring is 1. The molecule has 1 aromatic rings. The predicted molar refractivity (Wildman–Crippen MR) is 76.3 cm³/mol. The Bertz CT molecular complexity index is 579. The van der Waals surface area contributed by atoms with E-state index >= 15 is 0 Å². The number of hydrogen-bond donors (Lipinski definition) is 5. The number of nitrogens with two attached hydrogens (primary N) is 1. The summed E-state index contributed by atoms with van der Waals surface area (Å²) < 4.78 is 6.04. The van der Waals surface area contributed by atoms with Crippen molar-refractivity contribution in [1.82, 2.24) is 14.5 Å². The summed E-state index contributed by atoms with van der Waals surface area (Å²) in [4.78, 5) is 28.0. The van der Waals surface area contributed by atoms with Crippen molar-refractivity contribution in [2.24, 2.45) is 0 Å². The van der Waals surface area contributed by atoms with Crippen molar-refractivity contribution in [3.05, 3.63) is 16.8 Å². The van der Waals surface area contributed by atoms with E-state index in [1.54, 1.807) is 0 Å². The lowest BCUT2D eigenvalue weighted by Gasteiger charge is -2.16. The molecular formula is C12H20N4O7. The standard InChI is InChI=1S/C8H12N4O5.C4H8O2/c9-7-10-2-12(8(16)11-7)6-5(15)4(14)3(1-13)17-6;1-2-3-4(5)6/h2-6,13-15H,1H2,(H2,9,11,16);2-3H2,1H3,(H,5,6)/t3-,4-,5-,6-;/m1./s1. The minimum Gasteiger partial charge on any atom is -0.481 e. The van der Waals surface area contributed by atoms with Crippen LogP contribution < -0.4 is 11.4 Å². The summed E-state index contributed by atoms with van der Waals surface area (Å²) in [6.45, 7) is 1.37. The molecule has 1 fully saturated rings. The van der Waals surface area contributed by atoms with Crippen LogP contribution in [0.2, 0.25) is 0 Å². The fraction of sp³-hybridized carbons (Fsp3) is 0.667. The second kappa shape index (κ2) is 8.53. The zero-order chi connectivity index (χ0) is 17.6. The maximum atomic E-state index is 11.5. The minimum atomic E-state index is -1.35. The lowest BCUT2D eigenvalue weighted by molar-refractivity contribution is -0.137. The highest BCUT2D eigenvalue weighted by molar-refractivity contribution is 5.66. The largest absolute Gasteiger partial charge is 0.481 e. The van der Waals surface area contributed by atoms with Crippen molar-refractivity contribution in [2.75, 3.05) is 12.3 Å². The third-order valence-electron chi connectivity index (χ3n) is 3.00. The van der Waals surface area contributed by atoms with E-state index in [2.05, 4.69) is 9.97 Å². The molecule has 23 heavy (non-hydrogen) atoms. The number of aliphatic hydroxyl groups is 3. The van der Waals surface area contributed by atoms with Gasteiger partial charge in [0.05, 0.1) is 6.61 Å². The van der Waals surface area contributed by atoms with Crippen LogP contribution in [-0.2, 0) is 9.53 Å². The summed E-state index contributed by atoms with van der Waals surface area (Å²) >= 11 is 0. The minimum absolute atomic E-state index is 0.196. The average molecular weight is 332 g/mol. The lowest BCUT2D eigenvalue weighted by atomic mass is 10.1. The third-order valence-corrected chi connectivity index (χ3v) is 3.00. The number of nitrogens with zero attached hydrogens (tertiary/aromatic N) is 3. The van der Waals surface area contributed by atoms with E-state index in [9.17, 15) is 19.8 Å². The number of anilines is 1. The number of aliphatic hydroxyl groups excluding tert-OH is 3. The molecule has 0 radical (unpaired) electrons. The second-order valence-corrected chi connectivity index (χ2v) is 4.78. The molecule has 1 saturated heterocycles. The number of carbonyl (C=O) groups is 1. The van der Waals surface area contributed by atoms with Crippen LogP contribution in [0.3, 0.4) is 0 Å². The number of carboxylic acid groups (broad SMARTS) is 1. The van der Waals surface area contributed by atoms with Crippen LogP contribution >= 0.6 is 0 Å². The van der Waals surface area contributed by atoms with Crippen LogP contribution in [0.15, 0.2) is 11.1 Å². The van der Waals surface area contributed by atoms with E-state index in [0.717, 1.165) is 17.3 Å². The highest BCUT2D eigenvalue weighted by atomic mass is 16.6. The van der Waals surface area contributed by atoms with Crippen LogP contribution in [0, 0.1) is 0 Å². The number of ether oxygens (including phenoxy) is 1. The fourth-order valence-electron chi connectivity index (χ4n) is 1.85. The van der Waals surface area contributed by atoms with Crippen molar-refractivity contribution in [3.63, 3.8) is 0 Å². The van der Waals surface area contributed by atoms with Gasteiger partial charge < -0.3 is 30.9 Å². The Morgan fingerprint density at radius 2 is 2.09 bits per heavy atom. The fourth-order valence-corrected chi connectivity index (χ4v) is 1.85. The van der Waals surface area contributed by atoms with E-state index in [4.69, 9.17) is 20.7 Å². The monoisotopic (exact) mass is 332 g/mol. The molecule has 0 amide bonds. The molecule has 0 aromatic carbocycles. The first-order valence-corrected chi connectivity index (χ1v) is 6.86. The first-order valence-electron chi connectivity index (χ1n) is 6.86. The number of aliphatic carboxylic acids is 1. The molecule has 1 aromatic heterocycles. The zero-order valence-electron chi connectivity index (χ0n) is 12.4. The van der Waals surface area contributed by atoms with Crippen LogP contribution in [0.5, 0.6) is 0 Å². The van der Waals surface area contributed by atoms with E-state index in [1.165, 1.54) is 0 Å². The smallest absolute Gasteiger partial charge is 0.354 e. The van der Waals surface area contributed by atoms with Crippen molar-refractivity contribution < 1.29 is 30.0 Å².